The number of hydrogen-bond acceptors (Lipinski definition) is 4. The van der Waals surface area contributed by atoms with E-state index < -0.39 is 10.0 Å². The van der Waals surface area contributed by atoms with Crippen LogP contribution in [-0.4, -0.2) is 31.8 Å². The highest BCUT2D eigenvalue weighted by molar-refractivity contribution is 9.10. The Balaban J connectivity index is 2.22. The van der Waals surface area contributed by atoms with Gasteiger partial charge in [0.1, 0.15) is 4.90 Å². The summed E-state index contributed by atoms with van der Waals surface area (Å²) in [6, 6.07) is 4.88. The number of likely N-dealkylation sites (N-methyl/N-ethyl adjacent to an activating group) is 1. The molecular formula is C12H14BrClN4O2S. The number of nitrogens with one attached hydrogen (secondary N) is 2. The topological polar surface area (TPSA) is 76.0 Å². The highest BCUT2D eigenvalue weighted by Gasteiger charge is 2.18. The molecule has 0 fully saturated rings. The molecule has 9 heteroatoms. The van der Waals surface area contributed by atoms with Crippen LogP contribution in [0, 0.1) is 0 Å². The Morgan fingerprint density at radius 1 is 1.43 bits per heavy atom. The van der Waals surface area contributed by atoms with Crippen LogP contribution in [0.3, 0.4) is 0 Å². The van der Waals surface area contributed by atoms with E-state index in [4.69, 9.17) is 11.6 Å². The fourth-order valence-corrected chi connectivity index (χ4v) is 3.28. The maximum absolute atomic E-state index is 12.3. The second-order valence-corrected chi connectivity index (χ2v) is 7.25. The number of anilines is 1. The number of aromatic nitrogens is 2. The monoisotopic (exact) mass is 392 g/mol. The van der Waals surface area contributed by atoms with E-state index in [9.17, 15) is 8.42 Å². The van der Waals surface area contributed by atoms with E-state index in [1.54, 1.807) is 16.8 Å². The zero-order valence-electron chi connectivity index (χ0n) is 11.2. The highest BCUT2D eigenvalue weighted by atomic mass is 79.9. The minimum absolute atomic E-state index is 0.102. The van der Waals surface area contributed by atoms with Gasteiger partial charge in [-0.05, 0) is 41.2 Å². The fourth-order valence-electron chi connectivity index (χ4n) is 1.61. The van der Waals surface area contributed by atoms with Crippen LogP contribution in [0.25, 0.3) is 0 Å². The van der Waals surface area contributed by atoms with Gasteiger partial charge in [0.25, 0.3) is 10.0 Å². The molecule has 21 heavy (non-hydrogen) atoms. The van der Waals surface area contributed by atoms with Gasteiger partial charge in [-0.15, -0.1) is 0 Å². The van der Waals surface area contributed by atoms with Crippen LogP contribution in [0.4, 0.5) is 5.69 Å². The summed E-state index contributed by atoms with van der Waals surface area (Å²) in [6.45, 7) is 1.29. The molecule has 1 aromatic heterocycles. The molecule has 2 aromatic rings. The van der Waals surface area contributed by atoms with Crippen molar-refractivity contribution >= 4 is 43.2 Å². The summed E-state index contributed by atoms with van der Waals surface area (Å²) in [7, 11) is -1.88. The first-order valence-electron chi connectivity index (χ1n) is 6.07. The molecule has 0 saturated carbocycles. The van der Waals surface area contributed by atoms with Gasteiger partial charge in [-0.3, -0.25) is 9.40 Å². The first-order chi connectivity index (χ1) is 9.92. The molecule has 0 amide bonds. The summed E-state index contributed by atoms with van der Waals surface area (Å²) in [5, 5.41) is 7.44. The Morgan fingerprint density at radius 3 is 2.90 bits per heavy atom. The van der Waals surface area contributed by atoms with Crippen molar-refractivity contribution in [2.75, 3.05) is 18.3 Å². The zero-order valence-corrected chi connectivity index (χ0v) is 14.3. The summed E-state index contributed by atoms with van der Waals surface area (Å²) in [6.07, 6.45) is 2.80. The van der Waals surface area contributed by atoms with E-state index in [1.807, 2.05) is 7.05 Å². The van der Waals surface area contributed by atoms with Gasteiger partial charge in [0.2, 0.25) is 0 Å². The molecule has 0 aliphatic carbocycles. The van der Waals surface area contributed by atoms with Gasteiger partial charge in [-0.25, -0.2) is 8.42 Å². The lowest BCUT2D eigenvalue weighted by atomic mass is 10.3. The molecule has 0 radical (unpaired) electrons. The standard InChI is InChI=1S/C12H14BrClN4O2S/c1-15-4-5-18-8-10(7-16-18)21(19,20)17-12-6-9(14)2-3-11(12)13/h2-3,6-8,15,17H,4-5H2,1H3. The Labute approximate surface area is 136 Å². The second kappa shape index (κ2) is 6.78. The lowest BCUT2D eigenvalue weighted by Crippen LogP contribution is -2.15. The van der Waals surface area contributed by atoms with E-state index in [0.717, 1.165) is 0 Å². The fraction of sp³-hybridized carbons (Fsp3) is 0.250. The smallest absolute Gasteiger partial charge is 0.265 e. The van der Waals surface area contributed by atoms with Gasteiger partial charge in [-0.2, -0.15) is 5.10 Å². The third kappa shape index (κ3) is 4.19. The third-order valence-corrected chi connectivity index (χ3v) is 4.93. The predicted molar refractivity (Wildman–Crippen MR) is 86.1 cm³/mol. The van der Waals surface area contributed by atoms with E-state index in [1.165, 1.54) is 18.5 Å². The van der Waals surface area contributed by atoms with Gasteiger partial charge in [0.05, 0.1) is 18.4 Å². The summed E-state index contributed by atoms with van der Waals surface area (Å²) < 4.78 is 29.3. The number of nitrogens with zero attached hydrogens (tertiary/aromatic N) is 2. The van der Waals surface area contributed by atoms with Gasteiger partial charge in [0, 0.05) is 22.2 Å². The molecule has 0 saturated heterocycles. The average Bonchev–Trinajstić information content (AvgIpc) is 2.90. The lowest BCUT2D eigenvalue weighted by molar-refractivity contribution is 0.582. The summed E-state index contributed by atoms with van der Waals surface area (Å²) in [5.74, 6) is 0. The van der Waals surface area contributed by atoms with Crippen LogP contribution >= 0.6 is 27.5 Å². The average molecular weight is 394 g/mol. The Hall–Kier alpha value is -1.09. The van der Waals surface area contributed by atoms with Crippen molar-refractivity contribution in [3.8, 4) is 0 Å². The number of rotatable bonds is 6. The largest absolute Gasteiger partial charge is 0.318 e. The maximum Gasteiger partial charge on any atom is 0.265 e. The molecule has 6 nitrogen and oxygen atoms in total. The number of hydrogen-bond donors (Lipinski definition) is 2. The molecule has 1 aromatic carbocycles. The maximum atomic E-state index is 12.3. The minimum Gasteiger partial charge on any atom is -0.318 e. The van der Waals surface area contributed by atoms with E-state index in [0.29, 0.717) is 28.3 Å². The van der Waals surface area contributed by atoms with Gasteiger partial charge < -0.3 is 5.32 Å². The molecule has 114 valence electrons. The van der Waals surface area contributed by atoms with Gasteiger partial charge in [0.15, 0.2) is 0 Å². The van der Waals surface area contributed by atoms with Crippen LogP contribution in [0.2, 0.25) is 5.02 Å². The molecule has 2 rings (SSSR count). The lowest BCUT2D eigenvalue weighted by Gasteiger charge is -2.08. The van der Waals surface area contributed by atoms with Gasteiger partial charge >= 0.3 is 0 Å². The quantitative estimate of drug-likeness (QED) is 0.790. The van der Waals surface area contributed by atoms with Crippen LogP contribution in [0.5, 0.6) is 0 Å². The van der Waals surface area contributed by atoms with Crippen LogP contribution in [0.1, 0.15) is 0 Å². The van der Waals surface area contributed by atoms with E-state index in [2.05, 4.69) is 31.1 Å². The van der Waals surface area contributed by atoms with Crippen molar-refractivity contribution < 1.29 is 8.42 Å². The van der Waals surface area contributed by atoms with E-state index >= 15 is 0 Å². The Kier molecular flexibility index (Phi) is 5.26. The molecule has 2 N–H and O–H groups in total. The molecule has 0 spiro atoms. The normalized spacial score (nSPS) is 11.6. The third-order valence-electron chi connectivity index (χ3n) is 2.68. The molecular weight excluding hydrogens is 380 g/mol. The number of halogens is 2. The number of sulfonamides is 1. The van der Waals surface area contributed by atoms with Crippen LogP contribution in [-0.2, 0) is 16.6 Å². The predicted octanol–water partition coefficient (Wildman–Crippen LogP) is 2.32. The molecule has 0 aliphatic rings. The molecule has 1 heterocycles. The Bertz CT molecular complexity index is 733. The SMILES string of the molecule is CNCCn1cc(S(=O)(=O)Nc2cc(Cl)ccc2Br)cn1. The zero-order chi connectivity index (χ0) is 15.5. The van der Waals surface area contributed by atoms with Crippen LogP contribution in [0.15, 0.2) is 40.0 Å². The summed E-state index contributed by atoms with van der Waals surface area (Å²) >= 11 is 9.15. The van der Waals surface area contributed by atoms with Crippen molar-refractivity contribution in [3.63, 3.8) is 0 Å². The van der Waals surface area contributed by atoms with Crippen molar-refractivity contribution in [2.24, 2.45) is 0 Å². The number of benzene rings is 1. The van der Waals surface area contributed by atoms with Crippen LogP contribution < -0.4 is 10.0 Å². The highest BCUT2D eigenvalue weighted by Crippen LogP contribution is 2.28. The van der Waals surface area contributed by atoms with Crippen molar-refractivity contribution in [1.29, 1.82) is 0 Å². The molecule has 0 aliphatic heterocycles. The molecule has 0 unspecified atom stereocenters. The Morgan fingerprint density at radius 2 is 2.19 bits per heavy atom. The first kappa shape index (κ1) is 16.3. The molecule has 0 atom stereocenters. The second-order valence-electron chi connectivity index (χ2n) is 4.27. The summed E-state index contributed by atoms with van der Waals surface area (Å²) in [4.78, 5) is 0.102. The van der Waals surface area contributed by atoms with Crippen molar-refractivity contribution in [3.05, 3.63) is 40.1 Å². The first-order valence-corrected chi connectivity index (χ1v) is 8.73. The van der Waals surface area contributed by atoms with Gasteiger partial charge in [-0.1, -0.05) is 11.6 Å². The van der Waals surface area contributed by atoms with Crippen molar-refractivity contribution in [2.45, 2.75) is 11.4 Å². The summed E-state index contributed by atoms with van der Waals surface area (Å²) in [5.41, 5.74) is 0.380. The molecule has 0 bridgehead atoms. The van der Waals surface area contributed by atoms with E-state index in [-0.39, 0.29) is 4.90 Å². The van der Waals surface area contributed by atoms with Crippen molar-refractivity contribution in [1.82, 2.24) is 15.1 Å². The minimum atomic E-state index is -3.70.